The second kappa shape index (κ2) is 8.54. The first-order chi connectivity index (χ1) is 14.3. The fourth-order valence-electron chi connectivity index (χ4n) is 3.19. The molecule has 0 bridgehead atoms. The van der Waals surface area contributed by atoms with Gasteiger partial charge in [0.2, 0.25) is 5.75 Å². The number of aryl methyl sites for hydroxylation is 2. The first-order valence-electron chi connectivity index (χ1n) is 9.09. The number of anilines is 1. The van der Waals surface area contributed by atoms with E-state index in [4.69, 9.17) is 26.4 Å². The Kier molecular flexibility index (Phi) is 6.07. The van der Waals surface area contributed by atoms with Crippen LogP contribution < -0.4 is 24.4 Å². The van der Waals surface area contributed by atoms with Gasteiger partial charge in [-0.3, -0.25) is 19.8 Å². The maximum absolute atomic E-state index is 13.3. The van der Waals surface area contributed by atoms with Gasteiger partial charge in [0.25, 0.3) is 11.8 Å². The molecule has 1 N–H and O–H groups in total. The zero-order valence-corrected chi connectivity index (χ0v) is 18.2. The lowest BCUT2D eigenvalue weighted by Gasteiger charge is -2.30. The van der Waals surface area contributed by atoms with Gasteiger partial charge in [0, 0.05) is 0 Å². The molecular formula is C22H22N2O5S. The van der Waals surface area contributed by atoms with E-state index < -0.39 is 11.8 Å². The molecule has 1 saturated heterocycles. The second-order valence-corrected chi connectivity index (χ2v) is 7.09. The molecule has 1 aliphatic heterocycles. The van der Waals surface area contributed by atoms with E-state index >= 15 is 0 Å². The molecule has 1 fully saturated rings. The summed E-state index contributed by atoms with van der Waals surface area (Å²) in [7, 11) is 4.49. The third kappa shape index (κ3) is 3.86. The van der Waals surface area contributed by atoms with E-state index in [1.54, 1.807) is 12.1 Å². The molecule has 3 rings (SSSR count). The zero-order chi connectivity index (χ0) is 22.0. The number of benzene rings is 2. The van der Waals surface area contributed by atoms with Gasteiger partial charge in [0.15, 0.2) is 16.6 Å². The van der Waals surface area contributed by atoms with Crippen molar-refractivity contribution in [2.45, 2.75) is 13.8 Å². The molecule has 1 heterocycles. The average Bonchev–Trinajstić information content (AvgIpc) is 2.72. The number of carbonyl (C=O) groups is 2. The summed E-state index contributed by atoms with van der Waals surface area (Å²) in [6.07, 6.45) is 1.47. The van der Waals surface area contributed by atoms with Gasteiger partial charge in [0.1, 0.15) is 5.57 Å². The Morgan fingerprint density at radius 3 is 2.17 bits per heavy atom. The highest BCUT2D eigenvalue weighted by Crippen LogP contribution is 2.39. The van der Waals surface area contributed by atoms with Crippen molar-refractivity contribution in [3.63, 3.8) is 0 Å². The normalized spacial score (nSPS) is 15.3. The number of methoxy groups -OCH3 is 3. The molecule has 7 nitrogen and oxygen atoms in total. The fourth-order valence-corrected chi connectivity index (χ4v) is 3.46. The van der Waals surface area contributed by atoms with Crippen LogP contribution in [-0.2, 0) is 9.59 Å². The third-order valence-electron chi connectivity index (χ3n) is 4.71. The summed E-state index contributed by atoms with van der Waals surface area (Å²) in [6.45, 7) is 3.80. The average molecular weight is 426 g/mol. The molecule has 0 aromatic heterocycles. The maximum Gasteiger partial charge on any atom is 0.270 e. The fraction of sp³-hybridized carbons (Fsp3) is 0.227. The number of nitrogens with zero attached hydrogens (tertiary/aromatic N) is 1. The van der Waals surface area contributed by atoms with Crippen molar-refractivity contribution in [1.82, 2.24) is 5.32 Å². The first kappa shape index (κ1) is 21.3. The minimum absolute atomic E-state index is 0.0424. The van der Waals surface area contributed by atoms with Crippen molar-refractivity contribution in [2.75, 3.05) is 26.2 Å². The van der Waals surface area contributed by atoms with E-state index in [-0.39, 0.29) is 10.7 Å². The summed E-state index contributed by atoms with van der Waals surface area (Å²) < 4.78 is 16.0. The molecule has 0 atom stereocenters. The highest BCUT2D eigenvalue weighted by molar-refractivity contribution is 7.80. The van der Waals surface area contributed by atoms with Crippen LogP contribution in [0.5, 0.6) is 17.2 Å². The smallest absolute Gasteiger partial charge is 0.270 e. The van der Waals surface area contributed by atoms with Gasteiger partial charge >= 0.3 is 0 Å². The Labute approximate surface area is 180 Å². The van der Waals surface area contributed by atoms with Crippen LogP contribution in [0.4, 0.5) is 5.69 Å². The molecular weight excluding hydrogens is 404 g/mol. The van der Waals surface area contributed by atoms with Crippen LogP contribution in [0, 0.1) is 13.8 Å². The third-order valence-corrected chi connectivity index (χ3v) is 4.99. The predicted octanol–water partition coefficient (Wildman–Crippen LogP) is 3.16. The number of hydrogen-bond donors (Lipinski definition) is 1. The number of thiocarbonyl (C=S) groups is 1. The largest absolute Gasteiger partial charge is 0.493 e. The Balaban J connectivity index is 2.10. The Hall–Kier alpha value is -3.39. The molecule has 2 aromatic rings. The van der Waals surface area contributed by atoms with Gasteiger partial charge in [-0.25, -0.2) is 0 Å². The number of nitrogens with one attached hydrogen (secondary N) is 1. The summed E-state index contributed by atoms with van der Waals surface area (Å²) in [5, 5.41) is 2.64. The van der Waals surface area contributed by atoms with E-state index in [9.17, 15) is 9.59 Å². The van der Waals surface area contributed by atoms with Crippen molar-refractivity contribution in [2.24, 2.45) is 0 Å². The van der Waals surface area contributed by atoms with Crippen molar-refractivity contribution < 1.29 is 23.8 Å². The molecule has 0 radical (unpaired) electrons. The minimum atomic E-state index is -0.569. The lowest BCUT2D eigenvalue weighted by Crippen LogP contribution is -2.54. The Bertz CT molecular complexity index is 1050. The van der Waals surface area contributed by atoms with Crippen LogP contribution in [0.3, 0.4) is 0 Å². The van der Waals surface area contributed by atoms with Crippen molar-refractivity contribution >= 4 is 40.9 Å². The quantitative estimate of drug-likeness (QED) is 0.450. The minimum Gasteiger partial charge on any atom is -0.493 e. The molecule has 0 saturated carbocycles. The van der Waals surface area contributed by atoms with Crippen LogP contribution in [-0.4, -0.2) is 38.3 Å². The lowest BCUT2D eigenvalue weighted by atomic mass is 10.0. The topological polar surface area (TPSA) is 77.1 Å². The summed E-state index contributed by atoms with van der Waals surface area (Å²) >= 11 is 5.29. The molecule has 0 unspecified atom stereocenters. The Morgan fingerprint density at radius 1 is 0.967 bits per heavy atom. The Morgan fingerprint density at radius 2 is 1.60 bits per heavy atom. The maximum atomic E-state index is 13.3. The van der Waals surface area contributed by atoms with Crippen LogP contribution in [0.2, 0.25) is 0 Å². The highest BCUT2D eigenvalue weighted by atomic mass is 32.1. The molecule has 0 spiro atoms. The predicted molar refractivity (Wildman–Crippen MR) is 118 cm³/mol. The van der Waals surface area contributed by atoms with E-state index in [2.05, 4.69) is 5.32 Å². The summed E-state index contributed by atoms with van der Waals surface area (Å²) in [5.41, 5.74) is 2.94. The summed E-state index contributed by atoms with van der Waals surface area (Å²) in [5.74, 6) is 0.162. The van der Waals surface area contributed by atoms with Crippen molar-refractivity contribution in [1.29, 1.82) is 0 Å². The molecule has 156 valence electrons. The van der Waals surface area contributed by atoms with E-state index in [1.165, 1.54) is 32.3 Å². The zero-order valence-electron chi connectivity index (χ0n) is 17.4. The van der Waals surface area contributed by atoms with Crippen LogP contribution in [0.25, 0.3) is 6.08 Å². The van der Waals surface area contributed by atoms with Crippen LogP contribution in [0.1, 0.15) is 16.7 Å². The number of amides is 2. The van der Waals surface area contributed by atoms with Crippen LogP contribution >= 0.6 is 12.2 Å². The monoisotopic (exact) mass is 426 g/mol. The van der Waals surface area contributed by atoms with Gasteiger partial charge in [-0.05, 0) is 67.0 Å². The van der Waals surface area contributed by atoms with Gasteiger partial charge < -0.3 is 14.2 Å². The van der Waals surface area contributed by atoms with Gasteiger partial charge in [-0.2, -0.15) is 0 Å². The lowest BCUT2D eigenvalue weighted by molar-refractivity contribution is -0.122. The van der Waals surface area contributed by atoms with Gasteiger partial charge in [0.05, 0.1) is 27.0 Å². The van der Waals surface area contributed by atoms with Crippen molar-refractivity contribution in [3.05, 3.63) is 52.6 Å². The van der Waals surface area contributed by atoms with E-state index in [0.29, 0.717) is 28.5 Å². The molecule has 1 aliphatic rings. The standard InChI is InChI=1S/C22H22N2O5S/c1-12-6-7-13(2)16(8-12)24-21(26)15(20(25)23-22(24)30)9-14-10-17(27-3)19(29-5)18(11-14)28-4/h6-11H,1-5H3,(H,23,25,30)/b15-9+. The van der Waals surface area contributed by atoms with E-state index in [0.717, 1.165) is 11.1 Å². The molecule has 2 aromatic carbocycles. The second-order valence-electron chi connectivity index (χ2n) is 6.71. The van der Waals surface area contributed by atoms with E-state index in [1.807, 2.05) is 32.0 Å². The molecule has 8 heteroatoms. The van der Waals surface area contributed by atoms with Gasteiger partial charge in [-0.15, -0.1) is 0 Å². The summed E-state index contributed by atoms with van der Waals surface area (Å²) in [6, 6.07) is 9.02. The van der Waals surface area contributed by atoms with Crippen LogP contribution in [0.15, 0.2) is 35.9 Å². The molecule has 2 amide bonds. The molecule has 0 aliphatic carbocycles. The summed E-state index contributed by atoms with van der Waals surface area (Å²) in [4.78, 5) is 27.2. The number of carbonyl (C=O) groups excluding carboxylic acids is 2. The highest BCUT2D eigenvalue weighted by Gasteiger charge is 2.35. The first-order valence-corrected chi connectivity index (χ1v) is 9.50. The molecule has 30 heavy (non-hydrogen) atoms. The van der Waals surface area contributed by atoms with Gasteiger partial charge in [-0.1, -0.05) is 12.1 Å². The number of hydrogen-bond acceptors (Lipinski definition) is 6. The number of rotatable bonds is 5. The number of ether oxygens (including phenoxy) is 3. The SMILES string of the molecule is COc1cc(/C=C2\C(=O)NC(=S)N(c3cc(C)ccc3C)C2=O)cc(OC)c1OC. The van der Waals surface area contributed by atoms with Crippen molar-refractivity contribution in [3.8, 4) is 17.2 Å².